The first-order valence-electron chi connectivity index (χ1n) is 9.82. The van der Waals surface area contributed by atoms with E-state index >= 15 is 0 Å². The molecule has 2 N–H and O–H groups in total. The van der Waals surface area contributed by atoms with Gasteiger partial charge >= 0.3 is 0 Å². The summed E-state index contributed by atoms with van der Waals surface area (Å²) in [6.45, 7) is 7.13. The molecule has 6 nitrogen and oxygen atoms in total. The van der Waals surface area contributed by atoms with Gasteiger partial charge in [0.15, 0.2) is 5.96 Å². The fraction of sp³-hybridized carbons (Fsp3) is 0.650. The highest BCUT2D eigenvalue weighted by molar-refractivity contribution is 14.0. The van der Waals surface area contributed by atoms with Gasteiger partial charge in [0, 0.05) is 69.0 Å². The van der Waals surface area contributed by atoms with Crippen LogP contribution in [-0.2, 0) is 9.47 Å². The van der Waals surface area contributed by atoms with Crippen molar-refractivity contribution in [1.29, 1.82) is 0 Å². The number of hydrogen-bond acceptors (Lipinski definition) is 4. The van der Waals surface area contributed by atoms with Crippen molar-refractivity contribution in [2.24, 2.45) is 4.99 Å². The van der Waals surface area contributed by atoms with Gasteiger partial charge < -0.3 is 25.0 Å². The molecular weight excluding hydrogens is 535 g/mol. The van der Waals surface area contributed by atoms with Crippen molar-refractivity contribution in [2.75, 3.05) is 51.4 Å². The van der Waals surface area contributed by atoms with E-state index in [9.17, 15) is 0 Å². The summed E-state index contributed by atoms with van der Waals surface area (Å²) in [6, 6.07) is 8.91. The molecule has 158 valence electrons. The van der Waals surface area contributed by atoms with Crippen LogP contribution in [0.1, 0.15) is 26.2 Å². The molecule has 1 aromatic carbocycles. The van der Waals surface area contributed by atoms with Crippen LogP contribution < -0.4 is 15.5 Å². The Balaban J connectivity index is 0.00000280. The van der Waals surface area contributed by atoms with Gasteiger partial charge in [-0.3, -0.25) is 4.99 Å². The van der Waals surface area contributed by atoms with Crippen molar-refractivity contribution < 1.29 is 9.47 Å². The average molecular weight is 567 g/mol. The number of halogens is 2. The number of nitrogens with zero attached hydrogens (tertiary/aromatic N) is 2. The number of hydrogen-bond donors (Lipinski definition) is 2. The van der Waals surface area contributed by atoms with Crippen LogP contribution in [0.4, 0.5) is 5.69 Å². The van der Waals surface area contributed by atoms with E-state index in [0.717, 1.165) is 62.5 Å². The second-order valence-electron chi connectivity index (χ2n) is 7.25. The molecule has 0 bridgehead atoms. The Hall–Kier alpha value is -0.580. The Kier molecular flexibility index (Phi) is 9.79. The van der Waals surface area contributed by atoms with E-state index < -0.39 is 0 Å². The maximum atomic E-state index is 5.81. The van der Waals surface area contributed by atoms with E-state index in [2.05, 4.69) is 62.7 Å². The molecule has 0 saturated carbocycles. The van der Waals surface area contributed by atoms with Crippen LogP contribution in [0.25, 0.3) is 0 Å². The first-order valence-corrected chi connectivity index (χ1v) is 10.6. The minimum absolute atomic E-state index is 0. The molecule has 1 atom stereocenters. The molecule has 0 radical (unpaired) electrons. The summed E-state index contributed by atoms with van der Waals surface area (Å²) < 4.78 is 12.4. The number of benzene rings is 1. The SMILES string of the molecule is CCNC(=NCC1(OC)CCOCC1)NC1CCN(c2ccc(Br)cc2)C1.I. The van der Waals surface area contributed by atoms with Crippen LogP contribution in [0.2, 0.25) is 0 Å². The highest BCUT2D eigenvalue weighted by Gasteiger charge is 2.32. The van der Waals surface area contributed by atoms with E-state index in [0.29, 0.717) is 12.6 Å². The van der Waals surface area contributed by atoms with Crippen LogP contribution in [-0.4, -0.2) is 64.1 Å². The summed E-state index contributed by atoms with van der Waals surface area (Å²) in [6.07, 6.45) is 2.89. The van der Waals surface area contributed by atoms with Crippen molar-refractivity contribution in [3.05, 3.63) is 28.7 Å². The van der Waals surface area contributed by atoms with E-state index in [1.807, 2.05) is 0 Å². The van der Waals surface area contributed by atoms with E-state index in [-0.39, 0.29) is 29.6 Å². The Morgan fingerprint density at radius 1 is 1.32 bits per heavy atom. The summed E-state index contributed by atoms with van der Waals surface area (Å²) >= 11 is 3.50. The van der Waals surface area contributed by atoms with Gasteiger partial charge in [0.1, 0.15) is 0 Å². The first kappa shape index (κ1) is 23.7. The highest BCUT2D eigenvalue weighted by Crippen LogP contribution is 2.25. The number of guanidine groups is 1. The van der Waals surface area contributed by atoms with Gasteiger partial charge in [-0.05, 0) is 37.6 Å². The lowest BCUT2D eigenvalue weighted by Crippen LogP contribution is -2.47. The van der Waals surface area contributed by atoms with Gasteiger partial charge in [0.05, 0.1) is 12.1 Å². The fourth-order valence-electron chi connectivity index (χ4n) is 3.67. The van der Waals surface area contributed by atoms with Crippen molar-refractivity contribution in [3.8, 4) is 0 Å². The number of methoxy groups -OCH3 is 1. The van der Waals surface area contributed by atoms with Gasteiger partial charge in [0.25, 0.3) is 0 Å². The molecule has 2 heterocycles. The lowest BCUT2D eigenvalue weighted by atomic mass is 9.94. The summed E-state index contributed by atoms with van der Waals surface area (Å²) in [7, 11) is 1.79. The van der Waals surface area contributed by atoms with Gasteiger partial charge in [-0.2, -0.15) is 0 Å². The van der Waals surface area contributed by atoms with Gasteiger partial charge in [-0.25, -0.2) is 0 Å². The topological polar surface area (TPSA) is 58.1 Å². The van der Waals surface area contributed by atoms with Crippen molar-refractivity contribution >= 4 is 51.6 Å². The quantitative estimate of drug-likeness (QED) is 0.314. The maximum absolute atomic E-state index is 5.81. The molecule has 2 aliphatic heterocycles. The summed E-state index contributed by atoms with van der Waals surface area (Å²) in [5, 5.41) is 6.99. The summed E-state index contributed by atoms with van der Waals surface area (Å²) in [5.41, 5.74) is 1.07. The summed E-state index contributed by atoms with van der Waals surface area (Å²) in [4.78, 5) is 7.26. The molecule has 2 aliphatic rings. The molecule has 1 unspecified atom stereocenters. The van der Waals surface area contributed by atoms with Crippen LogP contribution in [0.3, 0.4) is 0 Å². The van der Waals surface area contributed by atoms with E-state index in [1.165, 1.54) is 5.69 Å². The zero-order chi connectivity index (χ0) is 19.1. The van der Waals surface area contributed by atoms with Crippen molar-refractivity contribution in [3.63, 3.8) is 0 Å². The van der Waals surface area contributed by atoms with Crippen LogP contribution in [0.5, 0.6) is 0 Å². The number of anilines is 1. The smallest absolute Gasteiger partial charge is 0.191 e. The molecule has 2 saturated heterocycles. The normalized spacial score (nSPS) is 21.9. The second-order valence-corrected chi connectivity index (χ2v) is 8.16. The van der Waals surface area contributed by atoms with Crippen LogP contribution in [0.15, 0.2) is 33.7 Å². The predicted molar refractivity (Wildman–Crippen MR) is 129 cm³/mol. The molecular formula is C20H32BrIN4O2. The first-order chi connectivity index (χ1) is 13.1. The molecule has 2 fully saturated rings. The van der Waals surface area contributed by atoms with Gasteiger partial charge in [-0.15, -0.1) is 24.0 Å². The van der Waals surface area contributed by atoms with Crippen LogP contribution in [0, 0.1) is 0 Å². The third kappa shape index (κ3) is 6.47. The minimum Gasteiger partial charge on any atom is -0.381 e. The minimum atomic E-state index is -0.195. The Bertz CT molecular complexity index is 623. The lowest BCUT2D eigenvalue weighted by molar-refractivity contribution is -0.0828. The fourth-order valence-corrected chi connectivity index (χ4v) is 3.94. The molecule has 0 amide bonds. The van der Waals surface area contributed by atoms with Gasteiger partial charge in [0.2, 0.25) is 0 Å². The predicted octanol–water partition coefficient (Wildman–Crippen LogP) is 3.40. The third-order valence-corrected chi connectivity index (χ3v) is 5.96. The Morgan fingerprint density at radius 2 is 2.04 bits per heavy atom. The number of rotatable bonds is 6. The third-order valence-electron chi connectivity index (χ3n) is 5.43. The monoisotopic (exact) mass is 566 g/mol. The molecule has 0 aromatic heterocycles. The van der Waals surface area contributed by atoms with Crippen molar-refractivity contribution in [1.82, 2.24) is 10.6 Å². The number of ether oxygens (including phenoxy) is 2. The number of nitrogens with one attached hydrogen (secondary N) is 2. The molecule has 1 aromatic rings. The average Bonchev–Trinajstić information content (AvgIpc) is 3.16. The van der Waals surface area contributed by atoms with E-state index in [1.54, 1.807) is 7.11 Å². The Morgan fingerprint density at radius 3 is 2.68 bits per heavy atom. The number of aliphatic imine (C=N–C) groups is 1. The standard InChI is InChI=1S/C20H31BrN4O2.HI/c1-3-22-19(23-15-20(26-2)9-12-27-13-10-20)24-17-8-11-25(14-17)18-6-4-16(21)5-7-18;/h4-7,17H,3,8-15H2,1-2H3,(H2,22,23,24);1H. The van der Waals surface area contributed by atoms with Gasteiger partial charge in [-0.1, -0.05) is 15.9 Å². The maximum Gasteiger partial charge on any atom is 0.191 e. The molecule has 0 aliphatic carbocycles. The van der Waals surface area contributed by atoms with Crippen LogP contribution >= 0.6 is 39.9 Å². The van der Waals surface area contributed by atoms with Crippen molar-refractivity contribution in [2.45, 2.75) is 37.8 Å². The second kappa shape index (κ2) is 11.6. The lowest BCUT2D eigenvalue weighted by Gasteiger charge is -2.34. The zero-order valence-electron chi connectivity index (χ0n) is 16.7. The Labute approximate surface area is 194 Å². The largest absolute Gasteiger partial charge is 0.381 e. The molecule has 28 heavy (non-hydrogen) atoms. The van der Waals surface area contributed by atoms with E-state index in [4.69, 9.17) is 14.5 Å². The molecule has 0 spiro atoms. The highest BCUT2D eigenvalue weighted by atomic mass is 127. The zero-order valence-corrected chi connectivity index (χ0v) is 20.7. The molecule has 3 rings (SSSR count). The summed E-state index contributed by atoms with van der Waals surface area (Å²) in [5.74, 6) is 0.878. The molecule has 8 heteroatoms.